The number of para-hydroxylation sites is 1. The first kappa shape index (κ1) is 13.9. The molecule has 5 nitrogen and oxygen atoms in total. The fourth-order valence-corrected chi connectivity index (χ4v) is 3.35. The standard InChI is InChI=1S/C18H18N2O3/c1-12(21)11-18(2)20-15(13-6-3-4-7-16(13)23-18)10-14(19-20)17-8-5-9-22-17/h3-9,11,15,21H,10H2,1-2H3/b12-11-. The Labute approximate surface area is 134 Å². The molecule has 0 saturated carbocycles. The van der Waals surface area contributed by atoms with Crippen LogP contribution in [0.5, 0.6) is 5.75 Å². The second-order valence-corrected chi connectivity index (χ2v) is 6.07. The van der Waals surface area contributed by atoms with Crippen LogP contribution in [0.2, 0.25) is 0 Å². The third-order valence-corrected chi connectivity index (χ3v) is 4.24. The van der Waals surface area contributed by atoms with Gasteiger partial charge in [0.05, 0.1) is 18.1 Å². The molecular formula is C18H18N2O3. The minimum absolute atomic E-state index is 0.0562. The third kappa shape index (κ3) is 2.20. The Morgan fingerprint density at radius 2 is 2.17 bits per heavy atom. The molecule has 0 amide bonds. The van der Waals surface area contributed by atoms with E-state index in [1.165, 1.54) is 0 Å². The van der Waals surface area contributed by atoms with Gasteiger partial charge in [-0.25, -0.2) is 5.01 Å². The number of ether oxygens (including phenoxy) is 1. The lowest BCUT2D eigenvalue weighted by atomic mass is 9.96. The van der Waals surface area contributed by atoms with Crippen LogP contribution in [0, 0.1) is 0 Å². The smallest absolute Gasteiger partial charge is 0.218 e. The first-order valence-electron chi connectivity index (χ1n) is 7.64. The molecule has 4 rings (SSSR count). The number of allylic oxidation sites excluding steroid dienone is 1. The molecule has 0 aliphatic carbocycles. The zero-order chi connectivity index (χ0) is 16.0. The van der Waals surface area contributed by atoms with E-state index in [1.54, 1.807) is 19.3 Å². The van der Waals surface area contributed by atoms with E-state index in [2.05, 4.69) is 6.07 Å². The Kier molecular flexibility index (Phi) is 2.98. The number of nitrogens with zero attached hydrogens (tertiary/aromatic N) is 2. The molecule has 1 N–H and O–H groups in total. The summed E-state index contributed by atoms with van der Waals surface area (Å²) in [5.74, 6) is 1.79. The van der Waals surface area contributed by atoms with E-state index in [0.717, 1.165) is 29.2 Å². The van der Waals surface area contributed by atoms with Gasteiger partial charge in [0.15, 0.2) is 0 Å². The first-order valence-corrected chi connectivity index (χ1v) is 7.64. The fourth-order valence-electron chi connectivity index (χ4n) is 3.35. The normalized spacial score (nSPS) is 26.3. The van der Waals surface area contributed by atoms with Crippen LogP contribution in [0.25, 0.3) is 0 Å². The van der Waals surface area contributed by atoms with E-state index in [-0.39, 0.29) is 11.8 Å². The summed E-state index contributed by atoms with van der Waals surface area (Å²) in [7, 11) is 0. The van der Waals surface area contributed by atoms with Crippen molar-refractivity contribution in [3.8, 4) is 5.75 Å². The minimum atomic E-state index is -0.841. The van der Waals surface area contributed by atoms with Gasteiger partial charge in [0.1, 0.15) is 17.2 Å². The number of aliphatic hydroxyl groups excluding tert-OH is 1. The van der Waals surface area contributed by atoms with Gasteiger partial charge in [0, 0.05) is 25.0 Å². The number of hydrogen-bond donors (Lipinski definition) is 1. The quantitative estimate of drug-likeness (QED) is 0.852. The van der Waals surface area contributed by atoms with E-state index < -0.39 is 5.72 Å². The molecule has 2 unspecified atom stereocenters. The summed E-state index contributed by atoms with van der Waals surface area (Å²) in [5, 5.41) is 16.4. The van der Waals surface area contributed by atoms with Crippen molar-refractivity contribution in [1.29, 1.82) is 0 Å². The number of aliphatic hydroxyl groups is 1. The molecule has 2 aromatic rings. The largest absolute Gasteiger partial charge is 0.513 e. The van der Waals surface area contributed by atoms with Gasteiger partial charge in [-0.2, -0.15) is 5.10 Å². The van der Waals surface area contributed by atoms with Crippen molar-refractivity contribution in [2.45, 2.75) is 32.0 Å². The van der Waals surface area contributed by atoms with Crippen LogP contribution in [-0.2, 0) is 0 Å². The maximum Gasteiger partial charge on any atom is 0.218 e. The highest BCUT2D eigenvalue weighted by atomic mass is 16.5. The average molecular weight is 310 g/mol. The average Bonchev–Trinajstić information content (AvgIpc) is 3.16. The Morgan fingerprint density at radius 1 is 1.35 bits per heavy atom. The fraction of sp³-hybridized carbons (Fsp3) is 0.278. The summed E-state index contributed by atoms with van der Waals surface area (Å²) in [6.45, 7) is 3.54. The van der Waals surface area contributed by atoms with Gasteiger partial charge < -0.3 is 14.3 Å². The van der Waals surface area contributed by atoms with Crippen molar-refractivity contribution >= 4 is 5.71 Å². The minimum Gasteiger partial charge on any atom is -0.513 e. The van der Waals surface area contributed by atoms with Crippen molar-refractivity contribution in [2.24, 2.45) is 5.10 Å². The molecular weight excluding hydrogens is 292 g/mol. The molecule has 1 aromatic carbocycles. The van der Waals surface area contributed by atoms with Gasteiger partial charge in [-0.05, 0) is 25.1 Å². The zero-order valence-corrected chi connectivity index (χ0v) is 13.1. The van der Waals surface area contributed by atoms with Crippen LogP contribution < -0.4 is 4.74 Å². The predicted octanol–water partition coefficient (Wildman–Crippen LogP) is 4.00. The highest BCUT2D eigenvalue weighted by molar-refractivity contribution is 5.99. The first-order chi connectivity index (χ1) is 11.1. The van der Waals surface area contributed by atoms with Crippen LogP contribution in [0.1, 0.15) is 37.6 Å². The molecule has 0 spiro atoms. The second-order valence-electron chi connectivity index (χ2n) is 6.07. The van der Waals surface area contributed by atoms with Gasteiger partial charge in [-0.15, -0.1) is 0 Å². The highest BCUT2D eigenvalue weighted by Gasteiger charge is 2.47. The molecule has 23 heavy (non-hydrogen) atoms. The summed E-state index contributed by atoms with van der Waals surface area (Å²) in [6.07, 6.45) is 4.07. The Balaban J connectivity index is 1.83. The van der Waals surface area contributed by atoms with Crippen LogP contribution >= 0.6 is 0 Å². The molecule has 0 bridgehead atoms. The van der Waals surface area contributed by atoms with Gasteiger partial charge >= 0.3 is 0 Å². The maximum absolute atomic E-state index is 9.78. The molecule has 2 aliphatic rings. The highest BCUT2D eigenvalue weighted by Crippen LogP contribution is 2.47. The van der Waals surface area contributed by atoms with Crippen molar-refractivity contribution in [2.75, 3.05) is 0 Å². The summed E-state index contributed by atoms with van der Waals surface area (Å²) in [5.41, 5.74) is 1.14. The lowest BCUT2D eigenvalue weighted by Gasteiger charge is -2.44. The van der Waals surface area contributed by atoms with Crippen molar-refractivity contribution in [1.82, 2.24) is 5.01 Å². The second kappa shape index (κ2) is 4.91. The van der Waals surface area contributed by atoms with Crippen molar-refractivity contribution in [3.05, 3.63) is 65.8 Å². The molecule has 1 aromatic heterocycles. The lowest BCUT2D eigenvalue weighted by molar-refractivity contribution is -0.0697. The number of fused-ring (bicyclic) bond motifs is 3. The van der Waals surface area contributed by atoms with Gasteiger partial charge in [0.2, 0.25) is 5.72 Å². The number of furan rings is 1. The molecule has 3 heterocycles. The Hall–Kier alpha value is -2.69. The zero-order valence-electron chi connectivity index (χ0n) is 13.1. The van der Waals surface area contributed by atoms with Crippen LogP contribution in [0.4, 0.5) is 0 Å². The number of hydrazone groups is 1. The third-order valence-electron chi connectivity index (χ3n) is 4.24. The van der Waals surface area contributed by atoms with Crippen LogP contribution in [0.3, 0.4) is 0 Å². The molecule has 0 fully saturated rings. The van der Waals surface area contributed by atoms with Gasteiger partial charge in [-0.3, -0.25) is 0 Å². The van der Waals surface area contributed by atoms with E-state index in [0.29, 0.717) is 0 Å². The van der Waals surface area contributed by atoms with Crippen LogP contribution in [-0.4, -0.2) is 21.6 Å². The van der Waals surface area contributed by atoms with Gasteiger partial charge in [-0.1, -0.05) is 18.2 Å². The topological polar surface area (TPSA) is 58.2 Å². The number of benzene rings is 1. The summed E-state index contributed by atoms with van der Waals surface area (Å²) < 4.78 is 11.7. The monoisotopic (exact) mass is 310 g/mol. The summed E-state index contributed by atoms with van der Waals surface area (Å²) >= 11 is 0. The Bertz CT molecular complexity index is 790. The summed E-state index contributed by atoms with van der Waals surface area (Å²) in [6, 6.07) is 11.8. The van der Waals surface area contributed by atoms with E-state index >= 15 is 0 Å². The Morgan fingerprint density at radius 3 is 2.91 bits per heavy atom. The SMILES string of the molecule is C/C(O)=C/C1(C)Oc2ccccc2C2CC(c3ccco3)=NN21. The van der Waals surface area contributed by atoms with E-state index in [9.17, 15) is 5.11 Å². The van der Waals surface area contributed by atoms with Crippen molar-refractivity contribution in [3.63, 3.8) is 0 Å². The molecule has 2 aliphatic heterocycles. The number of rotatable bonds is 2. The number of hydrogen-bond acceptors (Lipinski definition) is 5. The molecule has 0 radical (unpaired) electrons. The van der Waals surface area contributed by atoms with Gasteiger partial charge in [0.25, 0.3) is 0 Å². The molecule has 118 valence electrons. The van der Waals surface area contributed by atoms with E-state index in [1.807, 2.05) is 42.3 Å². The molecule has 2 atom stereocenters. The lowest BCUT2D eigenvalue weighted by Crippen LogP contribution is -2.50. The van der Waals surface area contributed by atoms with E-state index in [4.69, 9.17) is 14.3 Å². The molecule has 0 saturated heterocycles. The predicted molar refractivity (Wildman–Crippen MR) is 86.3 cm³/mol. The van der Waals surface area contributed by atoms with Crippen LogP contribution in [0.15, 0.2) is 64.0 Å². The van der Waals surface area contributed by atoms with Crippen molar-refractivity contribution < 1.29 is 14.3 Å². The molecule has 5 heteroatoms. The summed E-state index contributed by atoms with van der Waals surface area (Å²) in [4.78, 5) is 0. The maximum atomic E-state index is 9.78.